The zero-order valence-electron chi connectivity index (χ0n) is 12.1. The van der Waals surface area contributed by atoms with Crippen molar-refractivity contribution in [3.8, 4) is 0 Å². The normalized spacial score (nSPS) is 14.0. The zero-order chi connectivity index (χ0) is 15.5. The van der Waals surface area contributed by atoms with Gasteiger partial charge in [-0.2, -0.15) is 0 Å². The van der Waals surface area contributed by atoms with Crippen LogP contribution in [0.4, 0.5) is 10.5 Å². The molecule has 1 fully saturated rings. The largest absolute Gasteiger partial charge is 0.346 e. The summed E-state index contributed by atoms with van der Waals surface area (Å²) in [4.78, 5) is 29.8. The molecule has 1 aromatic heterocycles. The number of aromatic nitrogens is 1. The van der Waals surface area contributed by atoms with Crippen molar-refractivity contribution >= 4 is 29.0 Å². The first kappa shape index (κ1) is 14.5. The Labute approximate surface area is 132 Å². The maximum absolute atomic E-state index is 12.2. The summed E-state index contributed by atoms with van der Waals surface area (Å²) < 4.78 is 0. The number of anilines is 1. The third-order valence-corrected chi connectivity index (χ3v) is 4.31. The van der Waals surface area contributed by atoms with Gasteiger partial charge in [-0.3, -0.25) is 9.69 Å². The monoisotopic (exact) mass is 316 g/mol. The molecular formula is C15H16N4O2S. The Morgan fingerprint density at radius 1 is 1.50 bits per heavy atom. The molecule has 1 saturated heterocycles. The molecule has 0 spiro atoms. The molecule has 22 heavy (non-hydrogen) atoms. The maximum atomic E-state index is 12.2. The molecule has 2 aromatic rings. The molecule has 1 aromatic carbocycles. The maximum Gasteiger partial charge on any atom is 0.321 e. The van der Waals surface area contributed by atoms with Crippen LogP contribution < -0.4 is 15.5 Å². The number of nitrogens with one attached hydrogen (secondary N) is 2. The molecule has 0 saturated carbocycles. The van der Waals surface area contributed by atoms with Crippen LogP contribution in [0.2, 0.25) is 0 Å². The Balaban J connectivity index is 1.68. The van der Waals surface area contributed by atoms with E-state index in [0.717, 1.165) is 16.4 Å². The molecule has 0 unspecified atom stereocenters. The van der Waals surface area contributed by atoms with E-state index in [1.807, 2.05) is 18.4 Å². The first-order valence-electron chi connectivity index (χ1n) is 6.98. The second-order valence-corrected chi connectivity index (χ2v) is 5.94. The average Bonchev–Trinajstić information content (AvgIpc) is 3.13. The minimum atomic E-state index is -0.172. The number of benzene rings is 1. The third kappa shape index (κ3) is 3.09. The van der Waals surface area contributed by atoms with E-state index in [4.69, 9.17) is 0 Å². The van der Waals surface area contributed by atoms with Gasteiger partial charge in [0.1, 0.15) is 5.01 Å². The molecule has 1 aliphatic rings. The van der Waals surface area contributed by atoms with Crippen molar-refractivity contribution in [2.45, 2.75) is 13.5 Å². The fraction of sp³-hybridized carbons (Fsp3) is 0.267. The van der Waals surface area contributed by atoms with Gasteiger partial charge in [-0.05, 0) is 25.1 Å². The van der Waals surface area contributed by atoms with Crippen molar-refractivity contribution in [3.05, 3.63) is 45.9 Å². The highest BCUT2D eigenvalue weighted by atomic mass is 32.1. The number of carbonyl (C=O) groups is 2. The molecule has 6 nitrogen and oxygen atoms in total. The molecular weight excluding hydrogens is 300 g/mol. The van der Waals surface area contributed by atoms with Crippen LogP contribution in [0, 0.1) is 6.92 Å². The SMILES string of the molecule is Cc1csc(CNC(=O)c2cccc(N3CCNC3=O)c2)n1. The van der Waals surface area contributed by atoms with Crippen molar-refractivity contribution in [2.24, 2.45) is 0 Å². The molecule has 2 heterocycles. The number of carbonyl (C=O) groups excluding carboxylic acids is 2. The first-order chi connectivity index (χ1) is 10.6. The number of hydrogen-bond acceptors (Lipinski definition) is 4. The van der Waals surface area contributed by atoms with Crippen molar-refractivity contribution in [1.29, 1.82) is 0 Å². The van der Waals surface area contributed by atoms with Crippen LogP contribution in [-0.4, -0.2) is 30.0 Å². The van der Waals surface area contributed by atoms with Gasteiger partial charge in [0.2, 0.25) is 0 Å². The fourth-order valence-electron chi connectivity index (χ4n) is 2.27. The highest BCUT2D eigenvalue weighted by molar-refractivity contribution is 7.09. The van der Waals surface area contributed by atoms with Crippen LogP contribution >= 0.6 is 11.3 Å². The number of rotatable bonds is 4. The summed E-state index contributed by atoms with van der Waals surface area (Å²) in [7, 11) is 0. The van der Waals surface area contributed by atoms with Gasteiger partial charge in [-0.15, -0.1) is 11.3 Å². The van der Waals surface area contributed by atoms with Gasteiger partial charge in [0.05, 0.1) is 6.54 Å². The molecule has 7 heteroatoms. The second-order valence-electron chi connectivity index (χ2n) is 5.00. The summed E-state index contributed by atoms with van der Waals surface area (Å²) in [6, 6.07) is 6.94. The molecule has 0 atom stereocenters. The molecule has 1 aliphatic heterocycles. The van der Waals surface area contributed by atoms with Crippen molar-refractivity contribution in [3.63, 3.8) is 0 Å². The van der Waals surface area contributed by atoms with Gasteiger partial charge >= 0.3 is 6.03 Å². The zero-order valence-corrected chi connectivity index (χ0v) is 12.9. The number of hydrogen-bond donors (Lipinski definition) is 2. The Morgan fingerprint density at radius 3 is 3.05 bits per heavy atom. The quantitative estimate of drug-likeness (QED) is 0.905. The van der Waals surface area contributed by atoms with Crippen molar-refractivity contribution < 1.29 is 9.59 Å². The van der Waals surface area contributed by atoms with E-state index in [9.17, 15) is 9.59 Å². The highest BCUT2D eigenvalue weighted by Crippen LogP contribution is 2.18. The summed E-state index contributed by atoms with van der Waals surface area (Å²) in [5, 5.41) is 8.42. The lowest BCUT2D eigenvalue weighted by Gasteiger charge is -2.15. The lowest BCUT2D eigenvalue weighted by atomic mass is 10.1. The van der Waals surface area contributed by atoms with E-state index in [1.54, 1.807) is 23.1 Å². The molecule has 0 aliphatic carbocycles. The fourth-order valence-corrected chi connectivity index (χ4v) is 2.99. The lowest BCUT2D eigenvalue weighted by molar-refractivity contribution is 0.0951. The molecule has 0 bridgehead atoms. The Morgan fingerprint density at radius 2 is 2.36 bits per heavy atom. The Bertz CT molecular complexity index is 713. The van der Waals surface area contributed by atoms with Crippen LogP contribution in [0.15, 0.2) is 29.6 Å². The van der Waals surface area contributed by atoms with E-state index in [1.165, 1.54) is 11.3 Å². The van der Waals surface area contributed by atoms with Gasteiger partial charge < -0.3 is 10.6 Å². The molecule has 2 N–H and O–H groups in total. The average molecular weight is 316 g/mol. The number of amides is 3. The van der Waals surface area contributed by atoms with E-state index in [0.29, 0.717) is 25.2 Å². The second kappa shape index (κ2) is 6.15. The standard InChI is InChI=1S/C15H16N4O2S/c1-10-9-22-13(18-10)8-17-14(20)11-3-2-4-12(7-11)19-6-5-16-15(19)21/h2-4,7,9H,5-6,8H2,1H3,(H,16,21)(H,17,20). The van der Waals surface area contributed by atoms with Crippen LogP contribution in [0.1, 0.15) is 21.1 Å². The number of nitrogens with zero attached hydrogens (tertiary/aromatic N) is 2. The third-order valence-electron chi connectivity index (χ3n) is 3.34. The van der Waals surface area contributed by atoms with Gasteiger partial charge in [0, 0.05) is 35.4 Å². The van der Waals surface area contributed by atoms with Gasteiger partial charge in [-0.25, -0.2) is 9.78 Å². The minimum absolute atomic E-state index is 0.129. The summed E-state index contributed by atoms with van der Waals surface area (Å²) in [6.07, 6.45) is 0. The van der Waals surface area contributed by atoms with E-state index < -0.39 is 0 Å². The molecule has 3 amide bonds. The summed E-state index contributed by atoms with van der Waals surface area (Å²) in [5.74, 6) is -0.172. The molecule has 0 radical (unpaired) electrons. The van der Waals surface area contributed by atoms with Crippen LogP contribution in [-0.2, 0) is 6.54 Å². The lowest BCUT2D eigenvalue weighted by Crippen LogP contribution is -2.28. The number of aryl methyl sites for hydroxylation is 1. The van der Waals surface area contributed by atoms with E-state index >= 15 is 0 Å². The molecule has 114 valence electrons. The van der Waals surface area contributed by atoms with Gasteiger partial charge in [0.15, 0.2) is 0 Å². The molecule has 3 rings (SSSR count). The van der Waals surface area contributed by atoms with Crippen LogP contribution in [0.3, 0.4) is 0 Å². The van der Waals surface area contributed by atoms with Crippen LogP contribution in [0.25, 0.3) is 0 Å². The number of thiazole rings is 1. The van der Waals surface area contributed by atoms with E-state index in [2.05, 4.69) is 15.6 Å². The van der Waals surface area contributed by atoms with Crippen molar-refractivity contribution in [1.82, 2.24) is 15.6 Å². The van der Waals surface area contributed by atoms with Crippen molar-refractivity contribution in [2.75, 3.05) is 18.0 Å². The topological polar surface area (TPSA) is 74.3 Å². The first-order valence-corrected chi connectivity index (χ1v) is 7.86. The van der Waals surface area contributed by atoms with Crippen LogP contribution in [0.5, 0.6) is 0 Å². The van der Waals surface area contributed by atoms with Gasteiger partial charge in [0.25, 0.3) is 5.91 Å². The smallest absolute Gasteiger partial charge is 0.321 e. The predicted molar refractivity (Wildman–Crippen MR) is 85.2 cm³/mol. The number of urea groups is 1. The summed E-state index contributed by atoms with van der Waals surface area (Å²) in [5.41, 5.74) is 2.22. The Hall–Kier alpha value is -2.41. The Kier molecular flexibility index (Phi) is 4.06. The minimum Gasteiger partial charge on any atom is -0.346 e. The van der Waals surface area contributed by atoms with Gasteiger partial charge in [-0.1, -0.05) is 6.07 Å². The summed E-state index contributed by atoms with van der Waals surface area (Å²) in [6.45, 7) is 3.57. The highest BCUT2D eigenvalue weighted by Gasteiger charge is 2.21. The summed E-state index contributed by atoms with van der Waals surface area (Å²) >= 11 is 1.52. The van der Waals surface area contributed by atoms with E-state index in [-0.39, 0.29) is 11.9 Å². The predicted octanol–water partition coefficient (Wildman–Crippen LogP) is 1.91.